The van der Waals surface area contributed by atoms with E-state index in [1.54, 1.807) is 4.90 Å². The second kappa shape index (κ2) is 8.06. The van der Waals surface area contributed by atoms with Crippen molar-refractivity contribution < 1.29 is 4.79 Å². The van der Waals surface area contributed by atoms with Gasteiger partial charge in [0, 0.05) is 38.1 Å². The van der Waals surface area contributed by atoms with Gasteiger partial charge >= 0.3 is 6.03 Å². The number of hydrogen-bond acceptors (Lipinski definition) is 4. The Kier molecular flexibility index (Phi) is 6.02. The molecule has 25 heavy (non-hydrogen) atoms. The molecule has 3 heterocycles. The van der Waals surface area contributed by atoms with Gasteiger partial charge in [0.15, 0.2) is 0 Å². The van der Waals surface area contributed by atoms with Crippen LogP contribution < -0.4 is 5.32 Å². The number of piperidine rings is 2. The molecule has 2 amide bonds. The highest BCUT2D eigenvalue weighted by Gasteiger charge is 2.45. The summed E-state index contributed by atoms with van der Waals surface area (Å²) in [5.74, 6) is 0. The molecule has 1 N–H and O–H groups in total. The van der Waals surface area contributed by atoms with Gasteiger partial charge in [0.2, 0.25) is 0 Å². The molecule has 0 radical (unpaired) electrons. The fourth-order valence-corrected chi connectivity index (χ4v) is 5.20. The lowest BCUT2D eigenvalue weighted by molar-refractivity contribution is -0.0301. The third-order valence-electron chi connectivity index (χ3n) is 6.04. The summed E-state index contributed by atoms with van der Waals surface area (Å²) in [5, 5.41) is 5.34. The van der Waals surface area contributed by atoms with Gasteiger partial charge in [-0.05, 0) is 69.2 Å². The molecule has 140 valence electrons. The van der Waals surface area contributed by atoms with Gasteiger partial charge in [0.25, 0.3) is 0 Å². The molecule has 1 aromatic rings. The van der Waals surface area contributed by atoms with Crippen LogP contribution in [0.15, 0.2) is 17.5 Å². The summed E-state index contributed by atoms with van der Waals surface area (Å²) in [5.41, 5.74) is 0.349. The Labute approximate surface area is 156 Å². The van der Waals surface area contributed by atoms with E-state index < -0.39 is 0 Å². The molecule has 0 saturated carbocycles. The minimum absolute atomic E-state index is 0.0183. The molecule has 6 heteroatoms. The predicted molar refractivity (Wildman–Crippen MR) is 104 cm³/mol. The van der Waals surface area contributed by atoms with Crippen LogP contribution in [0.2, 0.25) is 0 Å². The molecule has 0 bridgehead atoms. The molecular weight excluding hydrogens is 332 g/mol. The number of urea groups is 1. The van der Waals surface area contributed by atoms with E-state index in [2.05, 4.69) is 39.7 Å². The monoisotopic (exact) mass is 364 g/mol. The highest BCUT2D eigenvalue weighted by molar-refractivity contribution is 7.09. The number of carbonyl (C=O) groups is 1. The molecular formula is C19H32N4OS. The zero-order chi connectivity index (χ0) is 17.9. The molecule has 1 spiro atoms. The van der Waals surface area contributed by atoms with E-state index in [-0.39, 0.29) is 6.03 Å². The van der Waals surface area contributed by atoms with Crippen molar-refractivity contribution in [3.8, 4) is 0 Å². The molecule has 5 nitrogen and oxygen atoms in total. The Balaban J connectivity index is 1.76. The third-order valence-corrected chi connectivity index (χ3v) is 6.90. The van der Waals surface area contributed by atoms with Crippen molar-refractivity contribution in [1.29, 1.82) is 0 Å². The SMILES string of the molecule is CN1CCC2(CCCN(Cc3cccs3)[C@H]2CNC(=O)N(C)C)CC1. The number of hydrogen-bond donors (Lipinski definition) is 1. The van der Waals surface area contributed by atoms with Crippen LogP contribution >= 0.6 is 11.3 Å². The van der Waals surface area contributed by atoms with E-state index in [1.807, 2.05) is 25.4 Å². The van der Waals surface area contributed by atoms with Crippen LogP contribution in [0.25, 0.3) is 0 Å². The van der Waals surface area contributed by atoms with Gasteiger partial charge in [-0.1, -0.05) is 6.07 Å². The van der Waals surface area contributed by atoms with Gasteiger partial charge in [-0.2, -0.15) is 0 Å². The molecule has 0 aliphatic carbocycles. The Morgan fingerprint density at radius 2 is 2.08 bits per heavy atom. The molecule has 2 fully saturated rings. The Bertz CT molecular complexity index is 552. The first-order valence-electron chi connectivity index (χ1n) is 9.40. The minimum Gasteiger partial charge on any atom is -0.336 e. The second-order valence-electron chi connectivity index (χ2n) is 7.92. The first kappa shape index (κ1) is 18.7. The standard InChI is InChI=1S/C19H32N4OS/c1-21(2)18(24)20-14-17-19(8-11-22(3)12-9-19)7-5-10-23(17)15-16-6-4-13-25-16/h4,6,13,17H,5,7-12,14-15H2,1-3H3,(H,20,24)/t17-/m0/s1. The normalized spacial score (nSPS) is 24.4. The molecule has 0 aromatic carbocycles. The highest BCUT2D eigenvalue weighted by Crippen LogP contribution is 2.44. The highest BCUT2D eigenvalue weighted by atomic mass is 32.1. The quantitative estimate of drug-likeness (QED) is 0.893. The van der Waals surface area contributed by atoms with Crippen LogP contribution in [0.1, 0.15) is 30.6 Å². The van der Waals surface area contributed by atoms with Gasteiger partial charge < -0.3 is 15.1 Å². The van der Waals surface area contributed by atoms with E-state index in [4.69, 9.17) is 0 Å². The van der Waals surface area contributed by atoms with Gasteiger partial charge in [0.05, 0.1) is 0 Å². The van der Waals surface area contributed by atoms with Gasteiger partial charge in [-0.3, -0.25) is 4.90 Å². The summed E-state index contributed by atoms with van der Waals surface area (Å²) in [6.45, 7) is 5.25. The van der Waals surface area contributed by atoms with Crippen LogP contribution in [0.5, 0.6) is 0 Å². The van der Waals surface area contributed by atoms with E-state index in [0.29, 0.717) is 11.5 Å². The van der Waals surface area contributed by atoms with Crippen molar-refractivity contribution in [2.45, 2.75) is 38.3 Å². The van der Waals surface area contributed by atoms with Gasteiger partial charge in [0.1, 0.15) is 0 Å². The van der Waals surface area contributed by atoms with E-state index in [9.17, 15) is 4.79 Å². The van der Waals surface area contributed by atoms with Crippen LogP contribution in [0.4, 0.5) is 4.79 Å². The molecule has 2 saturated heterocycles. The van der Waals surface area contributed by atoms with Crippen molar-refractivity contribution >= 4 is 17.4 Å². The van der Waals surface area contributed by atoms with Crippen molar-refractivity contribution in [2.24, 2.45) is 5.41 Å². The maximum Gasteiger partial charge on any atom is 0.316 e. The number of likely N-dealkylation sites (tertiary alicyclic amines) is 2. The predicted octanol–water partition coefficient (Wildman–Crippen LogP) is 2.70. The number of amides is 2. The molecule has 2 aliphatic rings. The minimum atomic E-state index is 0.0183. The van der Waals surface area contributed by atoms with Crippen LogP contribution in [0.3, 0.4) is 0 Å². The van der Waals surface area contributed by atoms with Crippen LogP contribution in [0, 0.1) is 5.41 Å². The smallest absolute Gasteiger partial charge is 0.316 e. The molecule has 2 aliphatic heterocycles. The number of carbonyl (C=O) groups excluding carboxylic acids is 1. The Morgan fingerprint density at radius 3 is 2.72 bits per heavy atom. The Morgan fingerprint density at radius 1 is 1.32 bits per heavy atom. The van der Waals surface area contributed by atoms with E-state index in [0.717, 1.165) is 19.6 Å². The summed E-state index contributed by atoms with van der Waals surface area (Å²) in [6, 6.07) is 4.82. The van der Waals surface area contributed by atoms with Crippen molar-refractivity contribution in [3.05, 3.63) is 22.4 Å². The fourth-order valence-electron chi connectivity index (χ4n) is 4.47. The zero-order valence-electron chi connectivity index (χ0n) is 15.8. The van der Waals surface area contributed by atoms with Gasteiger partial charge in [-0.25, -0.2) is 4.79 Å². The maximum atomic E-state index is 12.1. The third kappa shape index (κ3) is 4.36. The molecule has 1 atom stereocenters. The first-order chi connectivity index (χ1) is 12.0. The van der Waals surface area contributed by atoms with Crippen LogP contribution in [-0.4, -0.2) is 74.1 Å². The second-order valence-corrected chi connectivity index (χ2v) is 8.95. The molecule has 1 aromatic heterocycles. The average Bonchev–Trinajstić information content (AvgIpc) is 3.10. The molecule has 3 rings (SSSR count). The largest absolute Gasteiger partial charge is 0.336 e. The number of nitrogens with one attached hydrogen (secondary N) is 1. The summed E-state index contributed by atoms with van der Waals surface area (Å²) in [6.07, 6.45) is 5.05. The van der Waals surface area contributed by atoms with E-state index >= 15 is 0 Å². The lowest BCUT2D eigenvalue weighted by atomic mass is 9.66. The first-order valence-corrected chi connectivity index (χ1v) is 10.3. The van der Waals surface area contributed by atoms with Crippen molar-refractivity contribution in [2.75, 3.05) is 47.3 Å². The average molecular weight is 365 g/mol. The summed E-state index contributed by atoms with van der Waals surface area (Å²) < 4.78 is 0. The molecule has 0 unspecified atom stereocenters. The Hall–Kier alpha value is -1.11. The van der Waals surface area contributed by atoms with Crippen molar-refractivity contribution in [3.63, 3.8) is 0 Å². The number of rotatable bonds is 4. The summed E-state index contributed by atoms with van der Waals surface area (Å²) in [7, 11) is 5.85. The fraction of sp³-hybridized carbons (Fsp3) is 0.737. The van der Waals surface area contributed by atoms with Crippen molar-refractivity contribution in [1.82, 2.24) is 20.0 Å². The van der Waals surface area contributed by atoms with E-state index in [1.165, 1.54) is 43.6 Å². The topological polar surface area (TPSA) is 38.8 Å². The lowest BCUT2D eigenvalue weighted by Crippen LogP contribution is -2.59. The van der Waals surface area contributed by atoms with Crippen LogP contribution in [-0.2, 0) is 6.54 Å². The maximum absolute atomic E-state index is 12.1. The van der Waals surface area contributed by atoms with Gasteiger partial charge in [-0.15, -0.1) is 11.3 Å². The number of nitrogens with zero attached hydrogens (tertiary/aromatic N) is 3. The number of thiophene rings is 1. The lowest BCUT2D eigenvalue weighted by Gasteiger charge is -2.53. The summed E-state index contributed by atoms with van der Waals surface area (Å²) in [4.78, 5) is 20.3. The zero-order valence-corrected chi connectivity index (χ0v) is 16.6. The summed E-state index contributed by atoms with van der Waals surface area (Å²) >= 11 is 1.84.